The van der Waals surface area contributed by atoms with E-state index in [1.807, 2.05) is 6.07 Å². The third-order valence-corrected chi connectivity index (χ3v) is 3.45. The number of halogens is 1. The first-order valence-corrected chi connectivity index (χ1v) is 7.09. The van der Waals surface area contributed by atoms with Crippen LogP contribution in [0.4, 0.5) is 10.1 Å². The van der Waals surface area contributed by atoms with E-state index in [1.165, 1.54) is 18.2 Å². The van der Waals surface area contributed by atoms with Gasteiger partial charge in [-0.1, -0.05) is 36.4 Å². The Kier molecular flexibility index (Phi) is 4.06. The number of rotatable bonds is 3. The summed E-state index contributed by atoms with van der Waals surface area (Å²) in [6, 6.07) is 16.3. The zero-order valence-corrected chi connectivity index (χ0v) is 12.2. The van der Waals surface area contributed by atoms with Crippen molar-refractivity contribution in [2.75, 3.05) is 5.32 Å². The van der Waals surface area contributed by atoms with Crippen molar-refractivity contribution in [3.05, 3.63) is 78.1 Å². The summed E-state index contributed by atoms with van der Waals surface area (Å²) >= 11 is 0. The second-order valence-electron chi connectivity index (χ2n) is 5.05. The Bertz CT molecular complexity index is 886. The van der Waals surface area contributed by atoms with Gasteiger partial charge in [0.25, 0.3) is 0 Å². The van der Waals surface area contributed by atoms with Crippen LogP contribution in [0.3, 0.4) is 0 Å². The first-order valence-electron chi connectivity index (χ1n) is 7.09. The van der Waals surface area contributed by atoms with E-state index < -0.39 is 0 Å². The molecule has 3 aromatic carbocycles. The van der Waals surface area contributed by atoms with E-state index in [2.05, 4.69) is 5.32 Å². The lowest BCUT2D eigenvalue weighted by atomic mass is 10.1. The Hall–Kier alpha value is -3.14. The standard InChI is InChI=1S/C19H14FNO2/c20-14-10-7-13(8-11-14)9-12-19(23)21-17-5-1-4-16-15(17)3-2-6-18(16)22/h1-12,22H,(H,21,23)/b12-9+. The number of phenols is 1. The first kappa shape index (κ1) is 14.8. The lowest BCUT2D eigenvalue weighted by Gasteiger charge is -2.08. The number of hydrogen-bond acceptors (Lipinski definition) is 2. The number of fused-ring (bicyclic) bond motifs is 1. The summed E-state index contributed by atoms with van der Waals surface area (Å²) < 4.78 is 12.8. The Labute approximate surface area is 132 Å². The predicted molar refractivity (Wildman–Crippen MR) is 89.7 cm³/mol. The molecule has 0 atom stereocenters. The summed E-state index contributed by atoms with van der Waals surface area (Å²) in [5.41, 5.74) is 1.35. The average molecular weight is 307 g/mol. The van der Waals surface area contributed by atoms with Crippen LogP contribution in [-0.2, 0) is 4.79 Å². The van der Waals surface area contributed by atoms with Gasteiger partial charge in [0.15, 0.2) is 0 Å². The Morgan fingerprint density at radius 1 is 0.957 bits per heavy atom. The number of carbonyl (C=O) groups excluding carboxylic acids is 1. The van der Waals surface area contributed by atoms with Gasteiger partial charge in [-0.2, -0.15) is 0 Å². The number of phenolic OH excluding ortho intramolecular Hbond substituents is 1. The van der Waals surface area contributed by atoms with Crippen molar-refractivity contribution in [1.82, 2.24) is 0 Å². The van der Waals surface area contributed by atoms with Crippen molar-refractivity contribution in [1.29, 1.82) is 0 Å². The molecule has 23 heavy (non-hydrogen) atoms. The molecule has 3 nitrogen and oxygen atoms in total. The molecule has 0 saturated carbocycles. The molecule has 0 aliphatic carbocycles. The van der Waals surface area contributed by atoms with Crippen molar-refractivity contribution >= 4 is 28.4 Å². The van der Waals surface area contributed by atoms with Crippen molar-refractivity contribution in [2.24, 2.45) is 0 Å². The van der Waals surface area contributed by atoms with Crippen LogP contribution in [-0.4, -0.2) is 11.0 Å². The van der Waals surface area contributed by atoms with Gasteiger partial charge in [-0.3, -0.25) is 4.79 Å². The van der Waals surface area contributed by atoms with E-state index in [-0.39, 0.29) is 17.5 Å². The van der Waals surface area contributed by atoms with Gasteiger partial charge in [0.05, 0.1) is 0 Å². The minimum absolute atomic E-state index is 0.167. The molecular weight excluding hydrogens is 293 g/mol. The minimum atomic E-state index is -0.317. The van der Waals surface area contributed by atoms with Crippen molar-refractivity contribution in [2.45, 2.75) is 0 Å². The highest BCUT2D eigenvalue weighted by atomic mass is 19.1. The van der Waals surface area contributed by atoms with E-state index in [4.69, 9.17) is 0 Å². The van der Waals surface area contributed by atoms with Gasteiger partial charge in [-0.05, 0) is 35.9 Å². The molecule has 2 N–H and O–H groups in total. The van der Waals surface area contributed by atoms with E-state index >= 15 is 0 Å². The van der Waals surface area contributed by atoms with Crippen LogP contribution in [0.5, 0.6) is 5.75 Å². The molecule has 0 fully saturated rings. The summed E-state index contributed by atoms with van der Waals surface area (Å²) in [4.78, 5) is 12.0. The molecule has 4 heteroatoms. The number of carbonyl (C=O) groups is 1. The van der Waals surface area contributed by atoms with E-state index in [1.54, 1.807) is 48.5 Å². The monoisotopic (exact) mass is 307 g/mol. The van der Waals surface area contributed by atoms with Crippen LogP contribution < -0.4 is 5.32 Å². The summed E-state index contributed by atoms with van der Waals surface area (Å²) in [6.07, 6.45) is 2.99. The molecule has 1 amide bonds. The third kappa shape index (κ3) is 3.37. The highest BCUT2D eigenvalue weighted by molar-refractivity contribution is 6.08. The van der Waals surface area contributed by atoms with E-state index in [0.29, 0.717) is 11.1 Å². The van der Waals surface area contributed by atoms with Crippen LogP contribution in [0.1, 0.15) is 5.56 Å². The second kappa shape index (κ2) is 6.32. The van der Waals surface area contributed by atoms with Crippen molar-refractivity contribution < 1.29 is 14.3 Å². The van der Waals surface area contributed by atoms with Crippen molar-refractivity contribution in [3.63, 3.8) is 0 Å². The van der Waals surface area contributed by atoms with Crippen LogP contribution >= 0.6 is 0 Å². The van der Waals surface area contributed by atoms with Crippen molar-refractivity contribution in [3.8, 4) is 5.75 Å². The predicted octanol–water partition coefficient (Wildman–Crippen LogP) is 4.34. The number of nitrogens with one attached hydrogen (secondary N) is 1. The fourth-order valence-electron chi connectivity index (χ4n) is 2.32. The summed E-state index contributed by atoms with van der Waals surface area (Å²) in [5, 5.41) is 14.1. The first-order chi connectivity index (χ1) is 11.1. The zero-order chi connectivity index (χ0) is 16.2. The Morgan fingerprint density at radius 2 is 1.65 bits per heavy atom. The fraction of sp³-hybridized carbons (Fsp3) is 0. The molecular formula is C19H14FNO2. The summed E-state index contributed by atoms with van der Waals surface area (Å²) in [7, 11) is 0. The second-order valence-corrected chi connectivity index (χ2v) is 5.05. The molecule has 0 spiro atoms. The zero-order valence-electron chi connectivity index (χ0n) is 12.2. The molecule has 0 heterocycles. The quantitative estimate of drug-likeness (QED) is 0.707. The largest absolute Gasteiger partial charge is 0.507 e. The van der Waals surface area contributed by atoms with Gasteiger partial charge in [0.2, 0.25) is 5.91 Å². The molecule has 0 aliphatic rings. The molecule has 3 aromatic rings. The molecule has 3 rings (SSSR count). The fourth-order valence-corrected chi connectivity index (χ4v) is 2.32. The highest BCUT2D eigenvalue weighted by Gasteiger charge is 2.05. The lowest BCUT2D eigenvalue weighted by molar-refractivity contribution is -0.111. The van der Waals surface area contributed by atoms with Gasteiger partial charge < -0.3 is 10.4 Å². The molecule has 0 radical (unpaired) electrons. The average Bonchev–Trinajstić information content (AvgIpc) is 2.55. The smallest absolute Gasteiger partial charge is 0.248 e. The molecule has 0 bridgehead atoms. The normalized spacial score (nSPS) is 11.0. The number of benzene rings is 3. The maximum absolute atomic E-state index is 12.8. The molecule has 114 valence electrons. The highest BCUT2D eigenvalue weighted by Crippen LogP contribution is 2.29. The molecule has 0 saturated heterocycles. The van der Waals surface area contributed by atoms with Crippen LogP contribution in [0.2, 0.25) is 0 Å². The topological polar surface area (TPSA) is 49.3 Å². The summed E-state index contributed by atoms with van der Waals surface area (Å²) in [6.45, 7) is 0. The van der Waals surface area contributed by atoms with Gasteiger partial charge in [0, 0.05) is 22.5 Å². The van der Waals surface area contributed by atoms with Gasteiger partial charge in [-0.15, -0.1) is 0 Å². The lowest BCUT2D eigenvalue weighted by Crippen LogP contribution is -2.08. The maximum Gasteiger partial charge on any atom is 0.248 e. The number of aromatic hydroxyl groups is 1. The van der Waals surface area contributed by atoms with Crippen LogP contribution in [0.25, 0.3) is 16.8 Å². The molecule has 0 aliphatic heterocycles. The number of amides is 1. The minimum Gasteiger partial charge on any atom is -0.507 e. The van der Waals surface area contributed by atoms with Crippen LogP contribution in [0, 0.1) is 5.82 Å². The third-order valence-electron chi connectivity index (χ3n) is 3.45. The summed E-state index contributed by atoms with van der Waals surface area (Å²) in [5.74, 6) is -0.451. The molecule has 0 unspecified atom stereocenters. The van der Waals surface area contributed by atoms with Gasteiger partial charge in [-0.25, -0.2) is 4.39 Å². The van der Waals surface area contributed by atoms with E-state index in [0.717, 1.165) is 10.9 Å². The Balaban J connectivity index is 1.80. The van der Waals surface area contributed by atoms with Gasteiger partial charge >= 0.3 is 0 Å². The molecule has 0 aromatic heterocycles. The maximum atomic E-state index is 12.8. The Morgan fingerprint density at radius 3 is 2.43 bits per heavy atom. The van der Waals surface area contributed by atoms with Crippen LogP contribution in [0.15, 0.2) is 66.7 Å². The number of hydrogen-bond donors (Lipinski definition) is 2. The van der Waals surface area contributed by atoms with Gasteiger partial charge in [0.1, 0.15) is 11.6 Å². The number of anilines is 1. The SMILES string of the molecule is O=C(/C=C/c1ccc(F)cc1)Nc1cccc2c(O)cccc12. The van der Waals surface area contributed by atoms with E-state index in [9.17, 15) is 14.3 Å².